The number of carbonyl (C=O) groups is 2. The molecule has 2 N–H and O–H groups in total. The monoisotopic (exact) mass is 377 g/mol. The van der Waals surface area contributed by atoms with Gasteiger partial charge in [0.1, 0.15) is 11.5 Å². The fourth-order valence-electron chi connectivity index (χ4n) is 3.41. The molecule has 1 aromatic rings. The van der Waals surface area contributed by atoms with Crippen LogP contribution in [-0.4, -0.2) is 56.2 Å². The summed E-state index contributed by atoms with van der Waals surface area (Å²) in [6.45, 7) is 8.49. The Labute approximate surface area is 161 Å². The van der Waals surface area contributed by atoms with Crippen molar-refractivity contribution in [2.45, 2.75) is 45.7 Å². The van der Waals surface area contributed by atoms with E-state index < -0.39 is 0 Å². The van der Waals surface area contributed by atoms with E-state index in [-0.39, 0.29) is 35.9 Å². The summed E-state index contributed by atoms with van der Waals surface area (Å²) in [6, 6.07) is 5.46. The van der Waals surface area contributed by atoms with E-state index in [4.69, 9.17) is 9.47 Å². The van der Waals surface area contributed by atoms with Gasteiger partial charge in [-0.15, -0.1) is 0 Å². The molecule has 1 heterocycles. The van der Waals surface area contributed by atoms with E-state index in [1.165, 1.54) is 0 Å². The predicted octanol–water partition coefficient (Wildman–Crippen LogP) is 2.36. The fraction of sp³-hybridized carbons (Fsp3) is 0.600. The van der Waals surface area contributed by atoms with Crippen molar-refractivity contribution in [1.29, 1.82) is 0 Å². The summed E-state index contributed by atoms with van der Waals surface area (Å²) in [5.74, 6) is 0.797. The quantitative estimate of drug-likeness (QED) is 0.798. The van der Waals surface area contributed by atoms with Crippen molar-refractivity contribution in [2.24, 2.45) is 5.92 Å². The van der Waals surface area contributed by atoms with Gasteiger partial charge in [0.15, 0.2) is 0 Å². The van der Waals surface area contributed by atoms with Crippen LogP contribution in [0.2, 0.25) is 0 Å². The van der Waals surface area contributed by atoms with Crippen LogP contribution in [0, 0.1) is 5.92 Å². The number of benzene rings is 1. The number of nitrogens with one attached hydrogen (secondary N) is 2. The van der Waals surface area contributed by atoms with Crippen molar-refractivity contribution in [1.82, 2.24) is 15.5 Å². The van der Waals surface area contributed by atoms with E-state index in [0.717, 1.165) is 5.56 Å². The van der Waals surface area contributed by atoms with E-state index in [2.05, 4.69) is 10.6 Å². The molecule has 0 aliphatic carbocycles. The lowest BCUT2D eigenvalue weighted by Crippen LogP contribution is -2.43. The van der Waals surface area contributed by atoms with Crippen LogP contribution in [0.25, 0.3) is 0 Å². The van der Waals surface area contributed by atoms with Gasteiger partial charge in [-0.1, -0.05) is 0 Å². The van der Waals surface area contributed by atoms with Crippen LogP contribution in [0.5, 0.6) is 11.5 Å². The van der Waals surface area contributed by atoms with Crippen LogP contribution in [0.4, 0.5) is 4.79 Å². The number of methoxy groups -OCH3 is 2. The Kier molecular flexibility index (Phi) is 6.93. The van der Waals surface area contributed by atoms with E-state index in [0.29, 0.717) is 24.6 Å². The third-order valence-corrected chi connectivity index (χ3v) is 4.62. The zero-order valence-corrected chi connectivity index (χ0v) is 17.0. The highest BCUT2D eigenvalue weighted by Crippen LogP contribution is 2.39. The molecule has 7 heteroatoms. The first kappa shape index (κ1) is 20.9. The van der Waals surface area contributed by atoms with E-state index in [1.54, 1.807) is 19.1 Å². The summed E-state index contributed by atoms with van der Waals surface area (Å²) in [5.41, 5.74) is 0.876. The number of rotatable bonds is 6. The molecule has 1 fully saturated rings. The molecule has 1 saturated heterocycles. The highest BCUT2D eigenvalue weighted by Gasteiger charge is 2.42. The van der Waals surface area contributed by atoms with Crippen molar-refractivity contribution in [2.75, 3.05) is 27.3 Å². The van der Waals surface area contributed by atoms with E-state index in [9.17, 15) is 9.59 Å². The van der Waals surface area contributed by atoms with Gasteiger partial charge in [-0.2, -0.15) is 0 Å². The van der Waals surface area contributed by atoms with Crippen LogP contribution in [-0.2, 0) is 4.79 Å². The Morgan fingerprint density at radius 1 is 1.04 bits per heavy atom. The molecule has 2 atom stereocenters. The van der Waals surface area contributed by atoms with Crippen molar-refractivity contribution in [3.05, 3.63) is 23.8 Å². The minimum absolute atomic E-state index is 0.0314. The average molecular weight is 377 g/mol. The van der Waals surface area contributed by atoms with Crippen LogP contribution >= 0.6 is 0 Å². The molecule has 1 aromatic carbocycles. The van der Waals surface area contributed by atoms with Gasteiger partial charge in [0.05, 0.1) is 20.1 Å². The summed E-state index contributed by atoms with van der Waals surface area (Å²) < 4.78 is 10.9. The smallest absolute Gasteiger partial charge is 0.317 e. The molecule has 27 heavy (non-hydrogen) atoms. The number of hydrogen-bond donors (Lipinski definition) is 2. The van der Waals surface area contributed by atoms with Gasteiger partial charge in [-0.25, -0.2) is 4.79 Å². The van der Waals surface area contributed by atoms with Gasteiger partial charge < -0.3 is 25.0 Å². The lowest BCUT2D eigenvalue weighted by Gasteiger charge is -2.22. The highest BCUT2D eigenvalue weighted by atomic mass is 16.5. The highest BCUT2D eigenvalue weighted by molar-refractivity contribution is 5.83. The normalized spacial score (nSPS) is 19.3. The predicted molar refractivity (Wildman–Crippen MR) is 104 cm³/mol. The number of amides is 3. The lowest BCUT2D eigenvalue weighted by atomic mass is 9.87. The molecule has 2 unspecified atom stereocenters. The standard InChI is InChI=1S/C20H31N3O4/c1-12(2)21-19(24)17-11-23(20(25)22-13(3)4)10-16(17)15-9-14(26-5)7-8-18(15)27-6/h7-9,12-13,16-17H,10-11H2,1-6H3,(H,21,24)(H,22,25). The maximum absolute atomic E-state index is 12.8. The van der Waals surface area contributed by atoms with Crippen molar-refractivity contribution in [3.63, 3.8) is 0 Å². The van der Waals surface area contributed by atoms with E-state index >= 15 is 0 Å². The molecule has 3 amide bonds. The molecule has 1 aliphatic heterocycles. The van der Waals surface area contributed by atoms with Gasteiger partial charge in [-0.3, -0.25) is 4.79 Å². The zero-order valence-electron chi connectivity index (χ0n) is 17.0. The third kappa shape index (κ3) is 5.05. The molecule has 7 nitrogen and oxygen atoms in total. The van der Waals surface area contributed by atoms with Gasteiger partial charge in [0.2, 0.25) is 5.91 Å². The molecule has 0 saturated carbocycles. The number of carbonyl (C=O) groups excluding carboxylic acids is 2. The molecule has 0 aromatic heterocycles. The second-order valence-electron chi connectivity index (χ2n) is 7.49. The molecule has 2 rings (SSSR count). The number of urea groups is 1. The Bertz CT molecular complexity index is 675. The maximum atomic E-state index is 12.8. The minimum atomic E-state index is -0.355. The second-order valence-corrected chi connectivity index (χ2v) is 7.49. The summed E-state index contributed by atoms with van der Waals surface area (Å²) in [6.07, 6.45) is 0. The SMILES string of the molecule is COc1ccc(OC)c(C2CN(C(=O)NC(C)C)CC2C(=O)NC(C)C)c1. The topological polar surface area (TPSA) is 79.9 Å². The summed E-state index contributed by atoms with van der Waals surface area (Å²) in [4.78, 5) is 27.1. The van der Waals surface area contributed by atoms with Gasteiger partial charge in [0.25, 0.3) is 0 Å². The summed E-state index contributed by atoms with van der Waals surface area (Å²) >= 11 is 0. The summed E-state index contributed by atoms with van der Waals surface area (Å²) in [5, 5.41) is 5.89. The van der Waals surface area contributed by atoms with Crippen LogP contribution in [0.3, 0.4) is 0 Å². The molecule has 0 bridgehead atoms. The molecular formula is C20H31N3O4. The first-order chi connectivity index (χ1) is 12.8. The first-order valence-corrected chi connectivity index (χ1v) is 9.34. The Hall–Kier alpha value is -2.44. The lowest BCUT2D eigenvalue weighted by molar-refractivity contribution is -0.125. The van der Waals surface area contributed by atoms with Gasteiger partial charge in [0, 0.05) is 36.7 Å². The Morgan fingerprint density at radius 3 is 2.26 bits per heavy atom. The molecule has 1 aliphatic rings. The molecule has 0 radical (unpaired) electrons. The van der Waals surface area contributed by atoms with Gasteiger partial charge >= 0.3 is 6.03 Å². The maximum Gasteiger partial charge on any atom is 0.317 e. The third-order valence-electron chi connectivity index (χ3n) is 4.62. The minimum Gasteiger partial charge on any atom is -0.497 e. The van der Waals surface area contributed by atoms with Crippen LogP contribution in [0.1, 0.15) is 39.2 Å². The van der Waals surface area contributed by atoms with E-state index in [1.807, 2.05) is 45.9 Å². The van der Waals surface area contributed by atoms with Crippen molar-refractivity contribution in [3.8, 4) is 11.5 Å². The summed E-state index contributed by atoms with van der Waals surface area (Å²) in [7, 11) is 3.21. The number of ether oxygens (including phenoxy) is 2. The first-order valence-electron chi connectivity index (χ1n) is 9.34. The average Bonchev–Trinajstić information content (AvgIpc) is 3.05. The largest absolute Gasteiger partial charge is 0.497 e. The molecule has 0 spiro atoms. The number of likely N-dealkylation sites (tertiary alicyclic amines) is 1. The fourth-order valence-corrected chi connectivity index (χ4v) is 3.41. The van der Waals surface area contributed by atoms with Gasteiger partial charge in [-0.05, 0) is 45.9 Å². The van der Waals surface area contributed by atoms with Crippen molar-refractivity contribution >= 4 is 11.9 Å². The second kappa shape index (κ2) is 8.97. The molecule has 150 valence electrons. The number of nitrogens with zero attached hydrogens (tertiary/aromatic N) is 1. The Balaban J connectivity index is 2.37. The zero-order chi connectivity index (χ0) is 20.1. The molecular weight excluding hydrogens is 346 g/mol. The van der Waals surface area contributed by atoms with Crippen molar-refractivity contribution < 1.29 is 19.1 Å². The van der Waals surface area contributed by atoms with Crippen LogP contribution < -0.4 is 20.1 Å². The Morgan fingerprint density at radius 2 is 1.70 bits per heavy atom. The van der Waals surface area contributed by atoms with Crippen LogP contribution in [0.15, 0.2) is 18.2 Å². The number of hydrogen-bond acceptors (Lipinski definition) is 4.